The Morgan fingerprint density at radius 1 is 1.60 bits per heavy atom. The molecule has 0 fully saturated rings. The van der Waals surface area contributed by atoms with Gasteiger partial charge in [-0.05, 0) is 6.92 Å². The van der Waals surface area contributed by atoms with Crippen LogP contribution in [0.4, 0.5) is 0 Å². The molecule has 1 aromatic rings. The zero-order valence-electron chi connectivity index (χ0n) is 8.52. The van der Waals surface area contributed by atoms with E-state index in [4.69, 9.17) is 4.74 Å². The molecular formula is C8H12N3O3S. The summed E-state index contributed by atoms with van der Waals surface area (Å²) in [4.78, 5) is 7.75. The molecule has 1 aromatic heterocycles. The minimum atomic E-state index is -3.16. The molecule has 0 bridgehead atoms. The summed E-state index contributed by atoms with van der Waals surface area (Å²) in [6.45, 7) is 2.15. The highest BCUT2D eigenvalue weighted by atomic mass is 32.2. The summed E-state index contributed by atoms with van der Waals surface area (Å²) < 4.78 is 28.8. The SMILES string of the molecule is Cc1[c]cnc(OCCNS(C)(=O)=O)n1. The summed E-state index contributed by atoms with van der Waals surface area (Å²) in [6.07, 6.45) is 2.55. The van der Waals surface area contributed by atoms with Crippen LogP contribution < -0.4 is 9.46 Å². The van der Waals surface area contributed by atoms with Crippen LogP contribution in [-0.2, 0) is 10.0 Å². The van der Waals surface area contributed by atoms with Crippen molar-refractivity contribution in [3.8, 4) is 6.01 Å². The van der Waals surface area contributed by atoms with E-state index in [9.17, 15) is 8.42 Å². The van der Waals surface area contributed by atoms with Crippen molar-refractivity contribution in [2.75, 3.05) is 19.4 Å². The number of nitrogens with zero attached hydrogens (tertiary/aromatic N) is 2. The molecule has 0 aliphatic heterocycles. The molecule has 0 aliphatic carbocycles. The summed E-state index contributed by atoms with van der Waals surface area (Å²) in [6, 6.07) is 3.00. The maximum atomic E-state index is 10.7. The molecule has 0 atom stereocenters. The molecule has 0 aromatic carbocycles. The van der Waals surface area contributed by atoms with Gasteiger partial charge in [0.1, 0.15) is 6.61 Å². The van der Waals surface area contributed by atoms with Crippen molar-refractivity contribution in [1.29, 1.82) is 0 Å². The Kier molecular flexibility index (Phi) is 3.98. The van der Waals surface area contributed by atoms with Gasteiger partial charge < -0.3 is 4.74 Å². The number of rotatable bonds is 5. The number of hydrogen-bond acceptors (Lipinski definition) is 5. The van der Waals surface area contributed by atoms with Crippen molar-refractivity contribution in [2.24, 2.45) is 0 Å². The molecule has 1 N–H and O–H groups in total. The number of aromatic nitrogens is 2. The third-order valence-electron chi connectivity index (χ3n) is 1.41. The van der Waals surface area contributed by atoms with Crippen molar-refractivity contribution < 1.29 is 13.2 Å². The second-order valence-electron chi connectivity index (χ2n) is 2.90. The lowest BCUT2D eigenvalue weighted by molar-refractivity contribution is 0.296. The molecule has 0 unspecified atom stereocenters. The molecule has 0 spiro atoms. The molecule has 83 valence electrons. The molecule has 15 heavy (non-hydrogen) atoms. The van der Waals surface area contributed by atoms with Crippen LogP contribution in [0, 0.1) is 13.0 Å². The van der Waals surface area contributed by atoms with Gasteiger partial charge in [-0.25, -0.2) is 18.1 Å². The zero-order valence-corrected chi connectivity index (χ0v) is 9.34. The van der Waals surface area contributed by atoms with Crippen molar-refractivity contribution in [2.45, 2.75) is 6.92 Å². The van der Waals surface area contributed by atoms with Gasteiger partial charge in [0.25, 0.3) is 0 Å². The summed E-state index contributed by atoms with van der Waals surface area (Å²) in [5, 5.41) is 0. The highest BCUT2D eigenvalue weighted by Gasteiger charge is 2.01. The predicted octanol–water partition coefficient (Wildman–Crippen LogP) is -0.487. The van der Waals surface area contributed by atoms with Gasteiger partial charge in [-0.3, -0.25) is 0 Å². The largest absolute Gasteiger partial charge is 0.462 e. The highest BCUT2D eigenvalue weighted by molar-refractivity contribution is 7.88. The lowest BCUT2D eigenvalue weighted by atomic mass is 10.5. The van der Waals surface area contributed by atoms with Gasteiger partial charge in [-0.1, -0.05) is 0 Å². The molecule has 6 nitrogen and oxygen atoms in total. The third kappa shape index (κ3) is 5.28. The number of hydrogen-bond donors (Lipinski definition) is 1. The quantitative estimate of drug-likeness (QED) is 0.690. The molecular weight excluding hydrogens is 218 g/mol. The van der Waals surface area contributed by atoms with Crippen LogP contribution in [0.15, 0.2) is 6.20 Å². The Bertz CT molecular complexity index is 419. The Balaban J connectivity index is 2.32. The molecule has 0 saturated carbocycles. The first-order valence-corrected chi connectivity index (χ1v) is 6.15. The third-order valence-corrected chi connectivity index (χ3v) is 2.14. The van der Waals surface area contributed by atoms with Gasteiger partial charge in [-0.15, -0.1) is 0 Å². The Labute approximate surface area is 88.8 Å². The molecule has 0 saturated heterocycles. The summed E-state index contributed by atoms with van der Waals surface area (Å²) in [5.41, 5.74) is 0.677. The van der Waals surface area contributed by atoms with Crippen LogP contribution >= 0.6 is 0 Å². The Morgan fingerprint density at radius 3 is 2.93 bits per heavy atom. The maximum absolute atomic E-state index is 10.7. The van der Waals surface area contributed by atoms with Gasteiger partial charge in [0, 0.05) is 18.8 Å². The van der Waals surface area contributed by atoms with Crippen molar-refractivity contribution >= 4 is 10.0 Å². The first-order valence-electron chi connectivity index (χ1n) is 4.26. The van der Waals surface area contributed by atoms with Crippen molar-refractivity contribution in [3.63, 3.8) is 0 Å². The fraction of sp³-hybridized carbons (Fsp3) is 0.500. The van der Waals surface area contributed by atoms with E-state index in [2.05, 4.69) is 20.8 Å². The average Bonchev–Trinajstić information content (AvgIpc) is 2.11. The van der Waals surface area contributed by atoms with Crippen LogP contribution in [-0.4, -0.2) is 37.8 Å². The molecule has 1 heterocycles. The summed E-state index contributed by atoms with van der Waals surface area (Å²) in [5.74, 6) is 0. The lowest BCUT2D eigenvalue weighted by Crippen LogP contribution is -2.27. The standard InChI is InChI=1S/C8H12N3O3S/c1-7-3-4-9-8(11-7)14-6-5-10-15(2,12)13/h4,10H,5-6H2,1-2H3. The highest BCUT2D eigenvalue weighted by Crippen LogP contribution is 2.00. The average molecular weight is 230 g/mol. The second kappa shape index (κ2) is 5.04. The van der Waals surface area contributed by atoms with E-state index in [1.807, 2.05) is 0 Å². The van der Waals surface area contributed by atoms with E-state index in [1.165, 1.54) is 6.20 Å². The van der Waals surface area contributed by atoms with Crippen LogP contribution in [0.25, 0.3) is 0 Å². The predicted molar refractivity (Wildman–Crippen MR) is 53.9 cm³/mol. The number of ether oxygens (including phenoxy) is 1. The fourth-order valence-electron chi connectivity index (χ4n) is 0.824. The topological polar surface area (TPSA) is 81.2 Å². The number of aryl methyl sites for hydroxylation is 1. The maximum Gasteiger partial charge on any atom is 0.316 e. The smallest absolute Gasteiger partial charge is 0.316 e. The minimum Gasteiger partial charge on any atom is -0.462 e. The minimum absolute atomic E-state index is 0.191. The van der Waals surface area contributed by atoms with Gasteiger partial charge in [-0.2, -0.15) is 4.98 Å². The monoisotopic (exact) mass is 230 g/mol. The Hall–Kier alpha value is -1.21. The zero-order chi connectivity index (χ0) is 11.3. The fourth-order valence-corrected chi connectivity index (χ4v) is 1.28. The first-order chi connectivity index (χ1) is 6.97. The van der Waals surface area contributed by atoms with Crippen LogP contribution in [0.5, 0.6) is 6.01 Å². The van der Waals surface area contributed by atoms with Gasteiger partial charge >= 0.3 is 6.01 Å². The van der Waals surface area contributed by atoms with Crippen molar-refractivity contribution in [1.82, 2.24) is 14.7 Å². The van der Waals surface area contributed by atoms with E-state index in [1.54, 1.807) is 6.92 Å². The van der Waals surface area contributed by atoms with Gasteiger partial charge in [0.05, 0.1) is 11.9 Å². The lowest BCUT2D eigenvalue weighted by Gasteiger charge is -2.04. The first kappa shape index (κ1) is 11.9. The van der Waals surface area contributed by atoms with Gasteiger partial charge in [0.2, 0.25) is 10.0 Å². The molecule has 0 aliphatic rings. The van der Waals surface area contributed by atoms with E-state index in [0.29, 0.717) is 5.69 Å². The molecule has 0 amide bonds. The number of nitrogens with one attached hydrogen (secondary N) is 1. The van der Waals surface area contributed by atoms with E-state index in [-0.39, 0.29) is 19.2 Å². The second-order valence-corrected chi connectivity index (χ2v) is 4.73. The summed E-state index contributed by atoms with van der Waals surface area (Å²) in [7, 11) is -3.16. The normalized spacial score (nSPS) is 11.3. The Morgan fingerprint density at radius 2 is 2.33 bits per heavy atom. The molecule has 1 rings (SSSR count). The van der Waals surface area contributed by atoms with Crippen LogP contribution in [0.2, 0.25) is 0 Å². The van der Waals surface area contributed by atoms with Crippen LogP contribution in [0.1, 0.15) is 5.69 Å². The van der Waals surface area contributed by atoms with E-state index in [0.717, 1.165) is 6.26 Å². The van der Waals surface area contributed by atoms with Gasteiger partial charge in [0.15, 0.2) is 0 Å². The number of sulfonamides is 1. The molecule has 1 radical (unpaired) electrons. The van der Waals surface area contributed by atoms with E-state index >= 15 is 0 Å². The summed E-state index contributed by atoms with van der Waals surface area (Å²) >= 11 is 0. The van der Waals surface area contributed by atoms with Crippen molar-refractivity contribution in [3.05, 3.63) is 18.0 Å². The molecule has 7 heteroatoms. The van der Waals surface area contributed by atoms with Crippen LogP contribution in [0.3, 0.4) is 0 Å². The van der Waals surface area contributed by atoms with E-state index < -0.39 is 10.0 Å².